The highest BCUT2D eigenvalue weighted by Crippen LogP contribution is 2.36. The van der Waals surface area contributed by atoms with Crippen molar-refractivity contribution in [2.45, 2.75) is 63.5 Å². The van der Waals surface area contributed by atoms with E-state index >= 15 is 0 Å². The first-order chi connectivity index (χ1) is 10.3. The van der Waals surface area contributed by atoms with Gasteiger partial charge in [-0.25, -0.2) is 0 Å². The Labute approximate surface area is 129 Å². The van der Waals surface area contributed by atoms with Gasteiger partial charge in [0.05, 0.1) is 0 Å². The average Bonchev–Trinajstić information content (AvgIpc) is 2.48. The third-order valence-electron chi connectivity index (χ3n) is 5.40. The second-order valence-electron chi connectivity index (χ2n) is 6.96. The number of nitrogens with zero attached hydrogens (tertiary/aromatic N) is 1. The third-order valence-corrected chi connectivity index (χ3v) is 5.40. The molecule has 3 rings (SSSR count). The van der Waals surface area contributed by atoms with Crippen LogP contribution in [0.25, 0.3) is 0 Å². The molecule has 1 atom stereocenters. The highest BCUT2D eigenvalue weighted by Gasteiger charge is 2.29. The molecule has 1 aliphatic carbocycles. The zero-order valence-corrected chi connectivity index (χ0v) is 13.4. The molecule has 0 aromatic heterocycles. The predicted octanol–water partition coefficient (Wildman–Crippen LogP) is 3.79. The van der Waals surface area contributed by atoms with Crippen LogP contribution >= 0.6 is 0 Å². The number of hydrogen-bond donors (Lipinski definition) is 1. The summed E-state index contributed by atoms with van der Waals surface area (Å²) in [6, 6.07) is 12.6. The molecule has 0 spiro atoms. The molecule has 1 aromatic carbocycles. The highest BCUT2D eigenvalue weighted by molar-refractivity contribution is 5.22. The van der Waals surface area contributed by atoms with Crippen molar-refractivity contribution in [1.82, 2.24) is 10.2 Å². The molecular formula is C19H30N2. The third kappa shape index (κ3) is 4.08. The minimum absolute atomic E-state index is 0.758. The number of hydrogen-bond acceptors (Lipinski definition) is 2. The van der Waals surface area contributed by atoms with Crippen molar-refractivity contribution in [2.24, 2.45) is 0 Å². The van der Waals surface area contributed by atoms with Gasteiger partial charge in [-0.05, 0) is 70.1 Å². The first kappa shape index (κ1) is 15.1. The van der Waals surface area contributed by atoms with Crippen molar-refractivity contribution < 1.29 is 0 Å². The van der Waals surface area contributed by atoms with E-state index in [1.54, 1.807) is 0 Å². The summed E-state index contributed by atoms with van der Waals surface area (Å²) < 4.78 is 0. The summed E-state index contributed by atoms with van der Waals surface area (Å²) in [6.07, 6.45) is 8.18. The summed E-state index contributed by atoms with van der Waals surface area (Å²) in [5, 5.41) is 3.75. The first-order valence-electron chi connectivity index (χ1n) is 8.85. The van der Waals surface area contributed by atoms with Gasteiger partial charge < -0.3 is 10.2 Å². The lowest BCUT2D eigenvalue weighted by Crippen LogP contribution is -2.42. The molecule has 1 saturated heterocycles. The van der Waals surface area contributed by atoms with Gasteiger partial charge in [-0.3, -0.25) is 0 Å². The summed E-state index contributed by atoms with van der Waals surface area (Å²) in [4.78, 5) is 2.68. The molecule has 1 aromatic rings. The van der Waals surface area contributed by atoms with E-state index in [-0.39, 0.29) is 0 Å². The number of nitrogens with one attached hydrogen (secondary N) is 1. The van der Waals surface area contributed by atoms with Gasteiger partial charge in [0, 0.05) is 12.1 Å². The fourth-order valence-corrected chi connectivity index (χ4v) is 3.86. The van der Waals surface area contributed by atoms with Crippen molar-refractivity contribution in [3.05, 3.63) is 35.9 Å². The van der Waals surface area contributed by atoms with Gasteiger partial charge in [0.2, 0.25) is 0 Å². The topological polar surface area (TPSA) is 15.3 Å². The van der Waals surface area contributed by atoms with Gasteiger partial charge >= 0.3 is 0 Å². The minimum Gasteiger partial charge on any atom is -0.314 e. The molecule has 0 radical (unpaired) electrons. The molecule has 116 valence electrons. The van der Waals surface area contributed by atoms with Crippen LogP contribution in [0.1, 0.15) is 56.9 Å². The Kier molecular flexibility index (Phi) is 5.32. The minimum atomic E-state index is 0.758. The van der Waals surface area contributed by atoms with Crippen molar-refractivity contribution in [3.8, 4) is 0 Å². The van der Waals surface area contributed by atoms with Crippen molar-refractivity contribution in [2.75, 3.05) is 19.6 Å². The summed E-state index contributed by atoms with van der Waals surface area (Å²) in [5.41, 5.74) is 1.53. The van der Waals surface area contributed by atoms with Gasteiger partial charge in [0.25, 0.3) is 0 Å². The van der Waals surface area contributed by atoms with Gasteiger partial charge in [-0.15, -0.1) is 0 Å². The maximum Gasteiger partial charge on any atom is 0.00787 e. The SMILES string of the molecule is CC1CCCCN1CCCNC1CC(c2ccccc2)C1. The second kappa shape index (κ2) is 7.42. The van der Waals surface area contributed by atoms with Crippen molar-refractivity contribution in [1.29, 1.82) is 0 Å². The van der Waals surface area contributed by atoms with Crippen LogP contribution in [0.15, 0.2) is 30.3 Å². The Hall–Kier alpha value is -0.860. The van der Waals surface area contributed by atoms with E-state index in [9.17, 15) is 0 Å². The summed E-state index contributed by atoms with van der Waals surface area (Å²) in [6.45, 7) is 6.18. The lowest BCUT2D eigenvalue weighted by Gasteiger charge is -2.37. The maximum absolute atomic E-state index is 3.75. The van der Waals surface area contributed by atoms with Crippen molar-refractivity contribution in [3.63, 3.8) is 0 Å². The van der Waals surface area contributed by atoms with Crippen molar-refractivity contribution >= 4 is 0 Å². The van der Waals surface area contributed by atoms with E-state index in [2.05, 4.69) is 47.5 Å². The van der Waals surface area contributed by atoms with Gasteiger partial charge in [0.1, 0.15) is 0 Å². The van der Waals surface area contributed by atoms with E-state index in [1.807, 2.05) is 0 Å². The zero-order chi connectivity index (χ0) is 14.5. The quantitative estimate of drug-likeness (QED) is 0.801. The monoisotopic (exact) mass is 286 g/mol. The van der Waals surface area contributed by atoms with Gasteiger partial charge in [-0.1, -0.05) is 36.8 Å². The van der Waals surface area contributed by atoms with E-state index in [0.29, 0.717) is 0 Å². The summed E-state index contributed by atoms with van der Waals surface area (Å²) >= 11 is 0. The molecule has 2 heteroatoms. The lowest BCUT2D eigenvalue weighted by molar-refractivity contribution is 0.157. The number of piperidine rings is 1. The van der Waals surface area contributed by atoms with Crippen LogP contribution in [-0.2, 0) is 0 Å². The molecule has 2 aliphatic rings. The van der Waals surface area contributed by atoms with Crippen LogP contribution in [0, 0.1) is 0 Å². The average molecular weight is 286 g/mol. The Bertz CT molecular complexity index is 411. The molecule has 21 heavy (non-hydrogen) atoms. The number of likely N-dealkylation sites (tertiary alicyclic amines) is 1. The van der Waals surface area contributed by atoms with Gasteiger partial charge in [-0.2, -0.15) is 0 Å². The van der Waals surface area contributed by atoms with E-state index < -0.39 is 0 Å². The zero-order valence-electron chi connectivity index (χ0n) is 13.4. The standard InChI is InChI=1S/C19H30N2/c1-16-8-5-6-12-21(16)13-7-11-20-19-14-18(15-19)17-9-3-2-4-10-17/h2-4,9-10,16,18-20H,5-8,11-15H2,1H3. The summed E-state index contributed by atoms with van der Waals surface area (Å²) in [7, 11) is 0. The molecular weight excluding hydrogens is 256 g/mol. The molecule has 0 bridgehead atoms. The lowest BCUT2D eigenvalue weighted by atomic mass is 9.76. The molecule has 1 aliphatic heterocycles. The number of benzene rings is 1. The van der Waals surface area contributed by atoms with Crippen LogP contribution in [0.4, 0.5) is 0 Å². The molecule has 0 amide bonds. The van der Waals surface area contributed by atoms with E-state index in [1.165, 1.54) is 63.7 Å². The normalized spacial score (nSPS) is 30.0. The first-order valence-corrected chi connectivity index (χ1v) is 8.85. The fourth-order valence-electron chi connectivity index (χ4n) is 3.86. The largest absolute Gasteiger partial charge is 0.314 e. The summed E-state index contributed by atoms with van der Waals surface area (Å²) in [5.74, 6) is 0.797. The smallest absolute Gasteiger partial charge is 0.00787 e. The molecule has 2 nitrogen and oxygen atoms in total. The second-order valence-corrected chi connectivity index (χ2v) is 6.96. The Morgan fingerprint density at radius 3 is 2.71 bits per heavy atom. The fraction of sp³-hybridized carbons (Fsp3) is 0.684. The maximum atomic E-state index is 3.75. The van der Waals surface area contributed by atoms with Crippen LogP contribution in [0.2, 0.25) is 0 Å². The Morgan fingerprint density at radius 1 is 1.14 bits per heavy atom. The Morgan fingerprint density at radius 2 is 1.95 bits per heavy atom. The molecule has 2 fully saturated rings. The number of rotatable bonds is 6. The molecule has 1 saturated carbocycles. The van der Waals surface area contributed by atoms with Crippen LogP contribution in [0.3, 0.4) is 0 Å². The molecule has 1 heterocycles. The molecule has 1 unspecified atom stereocenters. The molecule has 1 N–H and O–H groups in total. The van der Waals surface area contributed by atoms with Crippen LogP contribution in [-0.4, -0.2) is 36.6 Å². The Balaban J connectivity index is 1.28. The van der Waals surface area contributed by atoms with Gasteiger partial charge in [0.15, 0.2) is 0 Å². The highest BCUT2D eigenvalue weighted by atomic mass is 15.2. The van der Waals surface area contributed by atoms with E-state index in [0.717, 1.165) is 18.0 Å². The van der Waals surface area contributed by atoms with Crippen LogP contribution in [0.5, 0.6) is 0 Å². The predicted molar refractivity (Wildman–Crippen MR) is 89.7 cm³/mol. The van der Waals surface area contributed by atoms with Crippen LogP contribution < -0.4 is 5.32 Å². The van der Waals surface area contributed by atoms with E-state index in [4.69, 9.17) is 0 Å².